The minimum absolute atomic E-state index is 0.0635. The number of hydrogen-bond donors (Lipinski definition) is 4. The van der Waals surface area contributed by atoms with E-state index < -0.39 is 33.9 Å². The van der Waals surface area contributed by atoms with Crippen LogP contribution in [0.25, 0.3) is 0 Å². The van der Waals surface area contributed by atoms with Crippen LogP contribution in [-0.4, -0.2) is 44.7 Å². The van der Waals surface area contributed by atoms with Gasteiger partial charge in [0.1, 0.15) is 0 Å². The predicted molar refractivity (Wildman–Crippen MR) is 135 cm³/mol. The summed E-state index contributed by atoms with van der Waals surface area (Å²) < 4.78 is 0. The van der Waals surface area contributed by atoms with Crippen LogP contribution in [0, 0.1) is 50.7 Å². The maximum absolute atomic E-state index is 12.8. The molecular formula is C30H48O5. The lowest BCUT2D eigenvalue weighted by Crippen LogP contribution is -2.73. The summed E-state index contributed by atoms with van der Waals surface area (Å²) in [5.74, 6) is 0.450. The Morgan fingerprint density at radius 3 is 2.31 bits per heavy atom. The highest BCUT2D eigenvalue weighted by molar-refractivity contribution is 5.76. The number of carboxylic acids is 1. The van der Waals surface area contributed by atoms with Gasteiger partial charge in [0.25, 0.3) is 0 Å². The number of carbonyl (C=O) groups is 1. The van der Waals surface area contributed by atoms with Crippen LogP contribution in [-0.2, 0) is 4.79 Å². The maximum Gasteiger partial charge on any atom is 0.310 e. The third kappa shape index (κ3) is 2.84. The predicted octanol–water partition coefficient (Wildman–Crippen LogP) is 5.18. The third-order valence-electron chi connectivity index (χ3n) is 13.6. The Labute approximate surface area is 211 Å². The van der Waals surface area contributed by atoms with E-state index in [-0.39, 0.29) is 29.3 Å². The summed E-state index contributed by atoms with van der Waals surface area (Å²) in [6, 6.07) is 0. The van der Waals surface area contributed by atoms with E-state index in [1.54, 1.807) is 0 Å². The van der Waals surface area contributed by atoms with Gasteiger partial charge in [-0.05, 0) is 92.3 Å². The van der Waals surface area contributed by atoms with Gasteiger partial charge in [-0.2, -0.15) is 0 Å². The largest absolute Gasteiger partial charge is 0.481 e. The number of aliphatic hydroxyl groups excluding tert-OH is 2. The van der Waals surface area contributed by atoms with Crippen LogP contribution >= 0.6 is 0 Å². The van der Waals surface area contributed by atoms with E-state index in [9.17, 15) is 25.2 Å². The zero-order valence-corrected chi connectivity index (χ0v) is 22.7. The zero-order valence-electron chi connectivity index (χ0n) is 22.7. The first-order valence-corrected chi connectivity index (χ1v) is 14.1. The average molecular weight is 489 g/mol. The fourth-order valence-corrected chi connectivity index (χ4v) is 10.9. The van der Waals surface area contributed by atoms with Crippen molar-refractivity contribution in [3.8, 4) is 0 Å². The highest BCUT2D eigenvalue weighted by Crippen LogP contribution is 2.76. The molecule has 0 aromatic heterocycles. The van der Waals surface area contributed by atoms with Gasteiger partial charge in [-0.25, -0.2) is 0 Å². The van der Waals surface area contributed by atoms with Gasteiger partial charge in [-0.1, -0.05) is 53.2 Å². The zero-order chi connectivity index (χ0) is 25.8. The highest BCUT2D eigenvalue weighted by Gasteiger charge is 2.73. The molecule has 4 N–H and O–H groups in total. The van der Waals surface area contributed by atoms with Crippen molar-refractivity contribution in [2.24, 2.45) is 50.7 Å². The maximum atomic E-state index is 12.8. The minimum Gasteiger partial charge on any atom is -0.481 e. The van der Waals surface area contributed by atoms with Gasteiger partial charge in [0.05, 0.1) is 23.7 Å². The first kappa shape index (κ1) is 25.7. The van der Waals surface area contributed by atoms with Crippen molar-refractivity contribution in [2.45, 2.75) is 111 Å². The number of carboxylic acid groups (broad SMARTS) is 1. The molecule has 4 saturated carbocycles. The van der Waals surface area contributed by atoms with Crippen LogP contribution in [0.1, 0.15) is 99.3 Å². The Morgan fingerprint density at radius 1 is 1.00 bits per heavy atom. The lowest BCUT2D eigenvalue weighted by Gasteiger charge is -2.73. The molecule has 0 radical (unpaired) electrons. The molecule has 5 nitrogen and oxygen atoms in total. The summed E-state index contributed by atoms with van der Waals surface area (Å²) in [6.07, 6.45) is 8.44. The van der Waals surface area contributed by atoms with Crippen LogP contribution in [0.5, 0.6) is 0 Å². The summed E-state index contributed by atoms with van der Waals surface area (Å²) in [7, 11) is 0. The molecule has 35 heavy (non-hydrogen) atoms. The van der Waals surface area contributed by atoms with Gasteiger partial charge < -0.3 is 20.4 Å². The lowest BCUT2D eigenvalue weighted by molar-refractivity contribution is -0.293. The molecule has 4 fully saturated rings. The Kier molecular flexibility index (Phi) is 5.56. The highest BCUT2D eigenvalue weighted by atomic mass is 16.4. The van der Waals surface area contributed by atoms with Crippen molar-refractivity contribution in [1.82, 2.24) is 0 Å². The van der Waals surface area contributed by atoms with E-state index in [1.807, 2.05) is 6.92 Å². The smallest absolute Gasteiger partial charge is 0.310 e. The summed E-state index contributed by atoms with van der Waals surface area (Å²) in [6.45, 7) is 13.3. The van der Waals surface area contributed by atoms with Crippen molar-refractivity contribution in [2.75, 3.05) is 6.61 Å². The molecule has 0 amide bonds. The monoisotopic (exact) mass is 488 g/mol. The van der Waals surface area contributed by atoms with Gasteiger partial charge in [-0.15, -0.1) is 0 Å². The standard InChI is InChI=1S/C30H48O5/c1-18-9-10-29(24(33)34)13-11-26(4)21(23(29)19(18)2)7-8-22-27(26,5)12-14-30(35)25(3,17-31)15-20(32)16-28(22,30)6/h7,18-20,22-23,31-32,35H,8-17H2,1-6H3,(H,33,34)/t18-,19+,20+,22+,23+,25+,26-,27-,28-,29+,30-/m1/s1. The number of fused-ring (bicyclic) bond motifs is 7. The van der Waals surface area contributed by atoms with Crippen LogP contribution in [0.4, 0.5) is 0 Å². The summed E-state index contributed by atoms with van der Waals surface area (Å²) in [5.41, 5.74) is -1.80. The molecule has 0 spiro atoms. The van der Waals surface area contributed by atoms with E-state index in [1.165, 1.54) is 5.57 Å². The van der Waals surface area contributed by atoms with E-state index in [0.29, 0.717) is 31.1 Å². The second kappa shape index (κ2) is 7.57. The van der Waals surface area contributed by atoms with Gasteiger partial charge in [0.15, 0.2) is 0 Å². The molecule has 5 heteroatoms. The Hall–Kier alpha value is -0.910. The van der Waals surface area contributed by atoms with Crippen LogP contribution < -0.4 is 0 Å². The van der Waals surface area contributed by atoms with Gasteiger partial charge >= 0.3 is 5.97 Å². The second-order valence-corrected chi connectivity index (χ2v) is 14.6. The molecule has 5 aliphatic carbocycles. The SMILES string of the molecule is C[C@H]1[C@H](C)CC[C@]2(C(=O)O)CC[C@]3(C)C(=CC[C@@H]4[C@@]5(C)C[C@@H](O)C[C@@](C)(CO)[C@]5(O)CC[C@]43C)[C@H]12. The van der Waals surface area contributed by atoms with Gasteiger partial charge in [0.2, 0.25) is 0 Å². The molecule has 0 saturated heterocycles. The third-order valence-corrected chi connectivity index (χ3v) is 13.6. The van der Waals surface area contributed by atoms with Crippen molar-refractivity contribution >= 4 is 5.97 Å². The van der Waals surface area contributed by atoms with Gasteiger partial charge in [-0.3, -0.25) is 4.79 Å². The normalized spacial score (nSPS) is 57.7. The van der Waals surface area contributed by atoms with Crippen LogP contribution in [0.3, 0.4) is 0 Å². The van der Waals surface area contributed by atoms with Crippen molar-refractivity contribution in [3.63, 3.8) is 0 Å². The molecule has 0 unspecified atom stereocenters. The number of rotatable bonds is 2. The Bertz CT molecular complexity index is 945. The first-order valence-electron chi connectivity index (χ1n) is 14.1. The van der Waals surface area contributed by atoms with Crippen molar-refractivity contribution < 1.29 is 25.2 Å². The van der Waals surface area contributed by atoms with E-state index in [4.69, 9.17) is 0 Å². The fourth-order valence-electron chi connectivity index (χ4n) is 10.9. The molecule has 0 aromatic carbocycles. The number of aliphatic carboxylic acids is 1. The quantitative estimate of drug-likeness (QED) is 0.402. The van der Waals surface area contributed by atoms with E-state index in [0.717, 1.165) is 38.5 Å². The molecule has 11 atom stereocenters. The lowest BCUT2D eigenvalue weighted by atomic mass is 9.32. The summed E-state index contributed by atoms with van der Waals surface area (Å²) in [4.78, 5) is 12.8. The van der Waals surface area contributed by atoms with Gasteiger partial charge in [0, 0.05) is 10.8 Å². The Morgan fingerprint density at radius 2 is 1.69 bits per heavy atom. The molecule has 0 heterocycles. The molecule has 5 aliphatic rings. The molecule has 198 valence electrons. The Balaban J connectivity index is 1.65. The van der Waals surface area contributed by atoms with Crippen molar-refractivity contribution in [3.05, 3.63) is 11.6 Å². The summed E-state index contributed by atoms with van der Waals surface area (Å²) >= 11 is 0. The van der Waals surface area contributed by atoms with Crippen LogP contribution in [0.15, 0.2) is 11.6 Å². The molecule has 0 aliphatic heterocycles. The molecule has 0 bridgehead atoms. The first-order chi connectivity index (χ1) is 16.2. The van der Waals surface area contributed by atoms with E-state index in [2.05, 4.69) is 40.7 Å². The molecular weight excluding hydrogens is 440 g/mol. The second-order valence-electron chi connectivity index (χ2n) is 14.6. The number of hydrogen-bond acceptors (Lipinski definition) is 4. The minimum atomic E-state index is -1.04. The average Bonchev–Trinajstić information content (AvgIpc) is 2.78. The fraction of sp³-hybridized carbons (Fsp3) is 0.900. The summed E-state index contributed by atoms with van der Waals surface area (Å²) in [5, 5.41) is 44.2. The number of aliphatic hydroxyl groups is 3. The molecule has 0 aromatic rings. The van der Waals surface area contributed by atoms with Crippen molar-refractivity contribution in [1.29, 1.82) is 0 Å². The number of allylic oxidation sites excluding steroid dienone is 2. The topological polar surface area (TPSA) is 98.0 Å². The molecule has 5 rings (SSSR count). The van der Waals surface area contributed by atoms with E-state index >= 15 is 0 Å². The van der Waals surface area contributed by atoms with Crippen LogP contribution in [0.2, 0.25) is 0 Å².